The van der Waals surface area contributed by atoms with Crippen LogP contribution in [0.1, 0.15) is 42.9 Å². The summed E-state index contributed by atoms with van der Waals surface area (Å²) in [5.41, 5.74) is 11.2. The molecule has 12 heavy (non-hydrogen) atoms. The van der Waals surface area contributed by atoms with Crippen molar-refractivity contribution in [1.29, 1.82) is 0 Å². The van der Waals surface area contributed by atoms with Gasteiger partial charge in [-0.3, -0.25) is 0 Å². The molecule has 1 aromatic carbocycles. The van der Waals surface area contributed by atoms with Crippen molar-refractivity contribution >= 4 is 5.69 Å². The SMILES string of the molecule is CC[C@@H](C)c1cc2c(cc1N)C2. The van der Waals surface area contributed by atoms with Crippen LogP contribution in [0.3, 0.4) is 0 Å². The van der Waals surface area contributed by atoms with Crippen molar-refractivity contribution in [2.45, 2.75) is 32.6 Å². The minimum Gasteiger partial charge on any atom is -0.398 e. The molecule has 1 atom stereocenters. The number of nitrogens with two attached hydrogens (primary N) is 1. The van der Waals surface area contributed by atoms with E-state index in [-0.39, 0.29) is 0 Å². The van der Waals surface area contributed by atoms with Gasteiger partial charge in [0, 0.05) is 5.69 Å². The van der Waals surface area contributed by atoms with Gasteiger partial charge < -0.3 is 5.73 Å². The predicted octanol–water partition coefficient (Wildman–Crippen LogP) is 2.69. The van der Waals surface area contributed by atoms with Gasteiger partial charge in [-0.1, -0.05) is 19.9 Å². The van der Waals surface area contributed by atoms with Crippen molar-refractivity contribution in [2.75, 3.05) is 5.73 Å². The normalized spacial score (nSPS) is 15.5. The molecule has 64 valence electrons. The molecule has 0 saturated carbocycles. The summed E-state index contributed by atoms with van der Waals surface area (Å²) in [6.07, 6.45) is 2.34. The fourth-order valence-electron chi connectivity index (χ4n) is 1.64. The van der Waals surface area contributed by atoms with Crippen molar-refractivity contribution in [3.05, 3.63) is 28.8 Å². The van der Waals surface area contributed by atoms with Crippen LogP contribution in [0.5, 0.6) is 0 Å². The average molecular weight is 161 g/mol. The Kier molecular flexibility index (Phi) is 1.60. The second-order valence-electron chi connectivity index (χ2n) is 3.74. The summed E-state index contributed by atoms with van der Waals surface area (Å²) in [6.45, 7) is 4.44. The molecule has 1 heteroatoms. The van der Waals surface area contributed by atoms with Gasteiger partial charge in [-0.2, -0.15) is 0 Å². The van der Waals surface area contributed by atoms with Crippen LogP contribution in [-0.2, 0) is 6.42 Å². The van der Waals surface area contributed by atoms with E-state index in [1.807, 2.05) is 0 Å². The number of nitrogen functional groups attached to an aromatic ring is 1. The van der Waals surface area contributed by atoms with Crippen LogP contribution in [0.15, 0.2) is 12.1 Å². The molecule has 2 N–H and O–H groups in total. The largest absolute Gasteiger partial charge is 0.398 e. The highest BCUT2D eigenvalue weighted by atomic mass is 14.6. The molecule has 0 fully saturated rings. The molecule has 1 aromatic rings. The molecule has 2 rings (SSSR count). The zero-order valence-electron chi connectivity index (χ0n) is 7.72. The van der Waals surface area contributed by atoms with Gasteiger partial charge in [0.25, 0.3) is 0 Å². The Balaban J connectivity index is 2.38. The minimum absolute atomic E-state index is 0.607. The highest BCUT2D eigenvalue weighted by Gasteiger charge is 2.20. The maximum atomic E-state index is 5.93. The van der Waals surface area contributed by atoms with Crippen LogP contribution >= 0.6 is 0 Å². The van der Waals surface area contributed by atoms with Crippen molar-refractivity contribution in [1.82, 2.24) is 0 Å². The third-order valence-electron chi connectivity index (χ3n) is 2.80. The Hall–Kier alpha value is -0.980. The van der Waals surface area contributed by atoms with Crippen molar-refractivity contribution in [3.63, 3.8) is 0 Å². The number of fused-ring (bicyclic) bond motifs is 1. The summed E-state index contributed by atoms with van der Waals surface area (Å²) >= 11 is 0. The Morgan fingerprint density at radius 2 is 2.08 bits per heavy atom. The number of hydrogen-bond acceptors (Lipinski definition) is 1. The first-order valence-corrected chi connectivity index (χ1v) is 4.63. The molecule has 0 radical (unpaired) electrons. The lowest BCUT2D eigenvalue weighted by Gasteiger charge is -2.10. The van der Waals surface area contributed by atoms with E-state index in [0.29, 0.717) is 5.92 Å². The van der Waals surface area contributed by atoms with Crippen molar-refractivity contribution < 1.29 is 0 Å². The monoisotopic (exact) mass is 161 g/mol. The topological polar surface area (TPSA) is 26.0 Å². The third kappa shape index (κ3) is 1.09. The lowest BCUT2D eigenvalue weighted by atomic mass is 9.97. The first kappa shape index (κ1) is 7.66. The Bertz CT molecular complexity index is 315. The first-order valence-electron chi connectivity index (χ1n) is 4.63. The van der Waals surface area contributed by atoms with Gasteiger partial charge in [-0.15, -0.1) is 0 Å². The summed E-state index contributed by atoms with van der Waals surface area (Å²) in [5, 5.41) is 0. The quantitative estimate of drug-likeness (QED) is 0.673. The molecule has 0 unspecified atom stereocenters. The van der Waals surface area contributed by atoms with Gasteiger partial charge in [0.2, 0.25) is 0 Å². The molecule has 0 aliphatic heterocycles. The second kappa shape index (κ2) is 2.51. The van der Waals surface area contributed by atoms with Crippen molar-refractivity contribution in [3.8, 4) is 0 Å². The Morgan fingerprint density at radius 1 is 1.42 bits per heavy atom. The van der Waals surface area contributed by atoms with Gasteiger partial charge in [0.05, 0.1) is 0 Å². The molecule has 0 bridgehead atoms. The smallest absolute Gasteiger partial charge is 0.0352 e. The van der Waals surface area contributed by atoms with Crippen LogP contribution < -0.4 is 5.73 Å². The first-order chi connectivity index (χ1) is 5.72. The Labute approximate surface area is 73.6 Å². The number of hydrogen-bond donors (Lipinski definition) is 1. The highest BCUT2D eigenvalue weighted by Crippen LogP contribution is 2.35. The standard InChI is InChI=1S/C11H15N/c1-3-7(2)10-5-8-4-9(8)6-11(10)12/h5-7H,3-4,12H2,1-2H3/t7-/m1/s1. The van der Waals surface area contributed by atoms with Gasteiger partial charge in [-0.05, 0) is 41.5 Å². The van der Waals surface area contributed by atoms with E-state index in [1.54, 1.807) is 0 Å². The predicted molar refractivity (Wildman–Crippen MR) is 52.4 cm³/mol. The van der Waals surface area contributed by atoms with Gasteiger partial charge in [-0.25, -0.2) is 0 Å². The Morgan fingerprint density at radius 3 is 2.75 bits per heavy atom. The van der Waals surface area contributed by atoms with E-state index >= 15 is 0 Å². The molecular formula is C11H15N. The molecule has 0 saturated heterocycles. The maximum Gasteiger partial charge on any atom is 0.0352 e. The molecular weight excluding hydrogens is 146 g/mol. The molecule has 1 aliphatic rings. The lowest BCUT2D eigenvalue weighted by molar-refractivity contribution is 0.736. The number of rotatable bonds is 2. The molecule has 0 spiro atoms. The molecule has 1 aliphatic carbocycles. The van der Waals surface area contributed by atoms with Crippen LogP contribution in [0.4, 0.5) is 5.69 Å². The van der Waals surface area contributed by atoms with Gasteiger partial charge >= 0.3 is 0 Å². The zero-order valence-corrected chi connectivity index (χ0v) is 7.72. The van der Waals surface area contributed by atoms with Crippen LogP contribution in [0.2, 0.25) is 0 Å². The zero-order chi connectivity index (χ0) is 8.72. The summed E-state index contributed by atoms with van der Waals surface area (Å²) in [5.74, 6) is 0.607. The van der Waals surface area contributed by atoms with E-state index in [9.17, 15) is 0 Å². The van der Waals surface area contributed by atoms with Gasteiger partial charge in [0.15, 0.2) is 0 Å². The van der Waals surface area contributed by atoms with Gasteiger partial charge in [0.1, 0.15) is 0 Å². The van der Waals surface area contributed by atoms with Crippen LogP contribution in [0, 0.1) is 0 Å². The third-order valence-corrected chi connectivity index (χ3v) is 2.80. The minimum atomic E-state index is 0.607. The lowest BCUT2D eigenvalue weighted by Crippen LogP contribution is -1.97. The number of anilines is 1. The van der Waals surface area contributed by atoms with E-state index in [0.717, 1.165) is 5.69 Å². The molecule has 0 aromatic heterocycles. The van der Waals surface area contributed by atoms with E-state index in [1.165, 1.54) is 29.5 Å². The average Bonchev–Trinajstić information content (AvgIpc) is 2.79. The summed E-state index contributed by atoms with van der Waals surface area (Å²) < 4.78 is 0. The van der Waals surface area contributed by atoms with E-state index < -0.39 is 0 Å². The summed E-state index contributed by atoms with van der Waals surface area (Å²) in [4.78, 5) is 0. The fraction of sp³-hybridized carbons (Fsp3) is 0.455. The molecule has 0 heterocycles. The fourth-order valence-corrected chi connectivity index (χ4v) is 1.64. The summed E-state index contributed by atoms with van der Waals surface area (Å²) in [6, 6.07) is 4.41. The van der Waals surface area contributed by atoms with E-state index in [4.69, 9.17) is 5.73 Å². The maximum absolute atomic E-state index is 5.93. The highest BCUT2D eigenvalue weighted by molar-refractivity contribution is 5.60. The van der Waals surface area contributed by atoms with Crippen LogP contribution in [-0.4, -0.2) is 0 Å². The second-order valence-corrected chi connectivity index (χ2v) is 3.74. The van der Waals surface area contributed by atoms with Crippen LogP contribution in [0.25, 0.3) is 0 Å². The van der Waals surface area contributed by atoms with Crippen molar-refractivity contribution in [2.24, 2.45) is 0 Å². The number of benzene rings is 1. The summed E-state index contributed by atoms with van der Waals surface area (Å²) in [7, 11) is 0. The van der Waals surface area contributed by atoms with E-state index in [2.05, 4.69) is 26.0 Å². The molecule has 0 amide bonds. The molecule has 1 nitrogen and oxygen atoms in total.